The van der Waals surface area contributed by atoms with Crippen LogP contribution in [0.15, 0.2) is 0 Å². The second kappa shape index (κ2) is 6.85. The van der Waals surface area contributed by atoms with Crippen LogP contribution in [-0.4, -0.2) is 48.4 Å². The Kier molecular flexibility index (Phi) is 5.41. The average molecular weight is 242 g/mol. The van der Waals surface area contributed by atoms with Gasteiger partial charge in [-0.2, -0.15) is 9.97 Å². The summed E-state index contributed by atoms with van der Waals surface area (Å²) in [6.45, 7) is 5.19. The summed E-state index contributed by atoms with van der Waals surface area (Å²) in [6, 6.07) is 0.423. The standard InChI is InChI=1S/C10H18N4O3/c1-5-17-7(2)6-11-8-12-9(15-3)14-10(13-8)16-4/h7H,5-6H2,1-4H3,(H,11,12,13,14). The van der Waals surface area contributed by atoms with Crippen molar-refractivity contribution in [3.63, 3.8) is 0 Å². The maximum absolute atomic E-state index is 5.38. The lowest BCUT2D eigenvalue weighted by atomic mass is 10.4. The maximum atomic E-state index is 5.38. The number of hydrogen-bond donors (Lipinski definition) is 1. The molecule has 1 aromatic rings. The average Bonchev–Trinajstić information content (AvgIpc) is 2.36. The van der Waals surface area contributed by atoms with Gasteiger partial charge in [-0.1, -0.05) is 0 Å². The number of aromatic nitrogens is 3. The first-order chi connectivity index (χ1) is 8.19. The van der Waals surface area contributed by atoms with Crippen molar-refractivity contribution in [2.45, 2.75) is 20.0 Å². The Hall–Kier alpha value is -1.63. The molecule has 1 heterocycles. The van der Waals surface area contributed by atoms with Crippen LogP contribution in [0.3, 0.4) is 0 Å². The van der Waals surface area contributed by atoms with Crippen LogP contribution in [0.2, 0.25) is 0 Å². The Morgan fingerprint density at radius 3 is 2.18 bits per heavy atom. The van der Waals surface area contributed by atoms with Crippen LogP contribution < -0.4 is 14.8 Å². The Bertz CT molecular complexity index is 326. The lowest BCUT2D eigenvalue weighted by Gasteiger charge is -2.12. The molecule has 1 aromatic heterocycles. The van der Waals surface area contributed by atoms with E-state index in [1.54, 1.807) is 0 Å². The molecule has 0 saturated heterocycles. The van der Waals surface area contributed by atoms with Crippen LogP contribution in [0.25, 0.3) is 0 Å². The van der Waals surface area contributed by atoms with Gasteiger partial charge in [0.2, 0.25) is 5.95 Å². The lowest BCUT2D eigenvalue weighted by Crippen LogP contribution is -2.21. The predicted molar refractivity (Wildman–Crippen MR) is 62.5 cm³/mol. The second-order valence-corrected chi connectivity index (χ2v) is 3.28. The summed E-state index contributed by atoms with van der Waals surface area (Å²) in [7, 11) is 2.97. The third-order valence-corrected chi connectivity index (χ3v) is 1.96. The van der Waals surface area contributed by atoms with Gasteiger partial charge in [0.1, 0.15) is 0 Å². The minimum Gasteiger partial charge on any atom is -0.467 e. The van der Waals surface area contributed by atoms with Gasteiger partial charge in [0, 0.05) is 13.2 Å². The van der Waals surface area contributed by atoms with Crippen molar-refractivity contribution in [1.29, 1.82) is 0 Å². The van der Waals surface area contributed by atoms with Crippen molar-refractivity contribution < 1.29 is 14.2 Å². The summed E-state index contributed by atoms with van der Waals surface area (Å²) in [5, 5.41) is 3.03. The zero-order valence-electron chi connectivity index (χ0n) is 10.6. The molecule has 0 fully saturated rings. The quantitative estimate of drug-likeness (QED) is 0.754. The number of hydrogen-bond acceptors (Lipinski definition) is 7. The van der Waals surface area contributed by atoms with E-state index < -0.39 is 0 Å². The summed E-state index contributed by atoms with van der Waals surface area (Å²) in [6.07, 6.45) is 0.0776. The van der Waals surface area contributed by atoms with Crippen molar-refractivity contribution in [3.05, 3.63) is 0 Å². The van der Waals surface area contributed by atoms with E-state index in [2.05, 4.69) is 20.3 Å². The molecule has 0 amide bonds. The summed E-state index contributed by atoms with van der Waals surface area (Å²) in [5.74, 6) is 0.403. The van der Waals surface area contributed by atoms with E-state index in [0.29, 0.717) is 19.1 Å². The molecular weight excluding hydrogens is 224 g/mol. The van der Waals surface area contributed by atoms with Crippen LogP contribution in [0, 0.1) is 0 Å². The van der Waals surface area contributed by atoms with E-state index >= 15 is 0 Å². The maximum Gasteiger partial charge on any atom is 0.324 e. The molecule has 0 spiro atoms. The molecule has 0 bridgehead atoms. The van der Waals surface area contributed by atoms with E-state index in [0.717, 1.165) is 0 Å². The number of rotatable bonds is 7. The molecule has 0 aliphatic carbocycles. The van der Waals surface area contributed by atoms with Gasteiger partial charge in [0.25, 0.3) is 0 Å². The van der Waals surface area contributed by atoms with Crippen molar-refractivity contribution in [2.24, 2.45) is 0 Å². The number of ether oxygens (including phenoxy) is 3. The molecular formula is C10H18N4O3. The number of nitrogens with zero attached hydrogens (tertiary/aromatic N) is 3. The Labute approximate surface area is 101 Å². The molecule has 7 heteroatoms. The molecule has 96 valence electrons. The van der Waals surface area contributed by atoms with Crippen molar-refractivity contribution in [3.8, 4) is 12.0 Å². The minimum atomic E-state index is 0.0776. The second-order valence-electron chi connectivity index (χ2n) is 3.28. The SMILES string of the molecule is CCOC(C)CNc1nc(OC)nc(OC)n1. The monoisotopic (exact) mass is 242 g/mol. The first-order valence-corrected chi connectivity index (χ1v) is 5.39. The fourth-order valence-electron chi connectivity index (χ4n) is 1.18. The van der Waals surface area contributed by atoms with Gasteiger partial charge in [-0.3, -0.25) is 0 Å². The van der Waals surface area contributed by atoms with Crippen molar-refractivity contribution >= 4 is 5.95 Å². The molecule has 0 aromatic carbocycles. The molecule has 7 nitrogen and oxygen atoms in total. The molecule has 1 N–H and O–H groups in total. The highest BCUT2D eigenvalue weighted by Crippen LogP contribution is 2.11. The molecule has 1 atom stereocenters. The van der Waals surface area contributed by atoms with E-state index in [1.165, 1.54) is 14.2 Å². The number of methoxy groups -OCH3 is 2. The Balaban J connectivity index is 2.63. The van der Waals surface area contributed by atoms with Crippen molar-refractivity contribution in [2.75, 3.05) is 32.7 Å². The predicted octanol–water partition coefficient (Wildman–Crippen LogP) is 0.726. The first-order valence-electron chi connectivity index (χ1n) is 5.39. The van der Waals surface area contributed by atoms with Crippen LogP contribution >= 0.6 is 0 Å². The van der Waals surface area contributed by atoms with Gasteiger partial charge in [0.15, 0.2) is 0 Å². The van der Waals surface area contributed by atoms with Crippen LogP contribution in [0.1, 0.15) is 13.8 Å². The third-order valence-electron chi connectivity index (χ3n) is 1.96. The molecule has 0 radical (unpaired) electrons. The molecule has 0 saturated carbocycles. The van der Waals surface area contributed by atoms with Crippen LogP contribution in [0.4, 0.5) is 5.95 Å². The summed E-state index contributed by atoms with van der Waals surface area (Å²) in [5.41, 5.74) is 0. The van der Waals surface area contributed by atoms with Gasteiger partial charge in [-0.25, -0.2) is 0 Å². The molecule has 1 rings (SSSR count). The zero-order valence-corrected chi connectivity index (χ0v) is 10.6. The lowest BCUT2D eigenvalue weighted by molar-refractivity contribution is 0.0854. The highest BCUT2D eigenvalue weighted by molar-refractivity contribution is 5.27. The number of anilines is 1. The smallest absolute Gasteiger partial charge is 0.324 e. The fourth-order valence-corrected chi connectivity index (χ4v) is 1.18. The Morgan fingerprint density at radius 1 is 1.12 bits per heavy atom. The molecule has 0 aliphatic heterocycles. The molecule has 17 heavy (non-hydrogen) atoms. The molecule has 0 aliphatic rings. The van der Waals surface area contributed by atoms with E-state index in [1.807, 2.05) is 13.8 Å². The third kappa shape index (κ3) is 4.39. The topological polar surface area (TPSA) is 78.4 Å². The highest BCUT2D eigenvalue weighted by Gasteiger charge is 2.08. The normalized spacial score (nSPS) is 12.0. The largest absolute Gasteiger partial charge is 0.467 e. The van der Waals surface area contributed by atoms with Crippen LogP contribution in [-0.2, 0) is 4.74 Å². The minimum absolute atomic E-state index is 0.0776. The van der Waals surface area contributed by atoms with Crippen molar-refractivity contribution in [1.82, 2.24) is 15.0 Å². The van der Waals surface area contributed by atoms with Gasteiger partial charge in [-0.15, -0.1) is 4.98 Å². The number of nitrogens with one attached hydrogen (secondary N) is 1. The fraction of sp³-hybridized carbons (Fsp3) is 0.700. The summed E-state index contributed by atoms with van der Waals surface area (Å²) >= 11 is 0. The van der Waals surface area contributed by atoms with Gasteiger partial charge >= 0.3 is 12.0 Å². The van der Waals surface area contributed by atoms with Gasteiger partial charge in [-0.05, 0) is 13.8 Å². The van der Waals surface area contributed by atoms with E-state index in [4.69, 9.17) is 14.2 Å². The van der Waals surface area contributed by atoms with E-state index in [-0.39, 0.29) is 18.1 Å². The first kappa shape index (κ1) is 13.4. The van der Waals surface area contributed by atoms with Gasteiger partial charge in [0.05, 0.1) is 20.3 Å². The summed E-state index contributed by atoms with van der Waals surface area (Å²) < 4.78 is 15.3. The van der Waals surface area contributed by atoms with E-state index in [9.17, 15) is 0 Å². The van der Waals surface area contributed by atoms with Gasteiger partial charge < -0.3 is 19.5 Å². The summed E-state index contributed by atoms with van der Waals surface area (Å²) in [4.78, 5) is 12.0. The Morgan fingerprint density at radius 2 is 1.71 bits per heavy atom. The van der Waals surface area contributed by atoms with Crippen LogP contribution in [0.5, 0.6) is 12.0 Å². The highest BCUT2D eigenvalue weighted by atomic mass is 16.5. The zero-order chi connectivity index (χ0) is 12.7. The molecule has 1 unspecified atom stereocenters.